The van der Waals surface area contributed by atoms with Crippen LogP contribution in [0.3, 0.4) is 0 Å². The highest BCUT2D eigenvalue weighted by atomic mass is 16.5. The van der Waals surface area contributed by atoms with E-state index in [0.717, 1.165) is 57.1 Å². The van der Waals surface area contributed by atoms with Gasteiger partial charge in [0.25, 0.3) is 6.02 Å². The number of hydrogen-bond donors (Lipinski definition) is 1. The van der Waals surface area contributed by atoms with Crippen molar-refractivity contribution in [1.82, 2.24) is 9.97 Å². The largest absolute Gasteiger partial charge is 0.487 e. The van der Waals surface area contributed by atoms with E-state index in [9.17, 15) is 0 Å². The van der Waals surface area contributed by atoms with Gasteiger partial charge in [0.1, 0.15) is 35.8 Å². The molecule has 0 saturated carbocycles. The molecule has 3 aromatic carbocycles. The Bertz CT molecular complexity index is 1560. The molecule has 0 aliphatic carbocycles. The third-order valence-electron chi connectivity index (χ3n) is 7.09. The van der Waals surface area contributed by atoms with E-state index in [1.807, 2.05) is 18.2 Å². The van der Waals surface area contributed by atoms with Gasteiger partial charge in [0.2, 0.25) is 0 Å². The second-order valence-corrected chi connectivity index (χ2v) is 10.1. The van der Waals surface area contributed by atoms with Gasteiger partial charge < -0.3 is 19.9 Å². The summed E-state index contributed by atoms with van der Waals surface area (Å²) in [5.41, 5.74) is 12.2. The zero-order valence-corrected chi connectivity index (χ0v) is 20.0. The number of hydrogen-bond acceptors (Lipinski definition) is 7. The van der Waals surface area contributed by atoms with Crippen molar-refractivity contribution < 1.29 is 14.2 Å². The molecule has 178 valence electrons. The molecule has 0 fully saturated rings. The molecule has 7 rings (SSSR count). The van der Waals surface area contributed by atoms with Crippen LogP contribution in [0.5, 0.6) is 17.2 Å². The molecule has 0 amide bonds. The van der Waals surface area contributed by atoms with Gasteiger partial charge >= 0.3 is 0 Å². The van der Waals surface area contributed by atoms with Crippen molar-refractivity contribution in [2.75, 3.05) is 6.61 Å². The van der Waals surface area contributed by atoms with E-state index in [2.05, 4.69) is 60.2 Å². The maximum Gasteiger partial charge on any atom is 0.283 e. The monoisotopic (exact) mass is 476 g/mol. The minimum absolute atomic E-state index is 0.171. The molecule has 0 saturated heterocycles. The Kier molecular flexibility index (Phi) is 4.25. The molecular weight excluding hydrogens is 452 g/mol. The first kappa shape index (κ1) is 20.9. The highest BCUT2D eigenvalue weighted by Gasteiger charge is 2.47. The summed E-state index contributed by atoms with van der Waals surface area (Å²) < 4.78 is 18.2. The highest BCUT2D eigenvalue weighted by molar-refractivity contribution is 5.79. The summed E-state index contributed by atoms with van der Waals surface area (Å²) in [6.07, 6.45) is 5.98. The number of ether oxygens (including phenoxy) is 3. The molecule has 3 aliphatic rings. The lowest BCUT2D eigenvalue weighted by atomic mass is 9.79. The average Bonchev–Trinajstić information content (AvgIpc) is 3.42. The summed E-state index contributed by atoms with van der Waals surface area (Å²) in [6.45, 7) is 4.53. The number of benzene rings is 3. The average molecular weight is 477 g/mol. The number of rotatable bonds is 2. The fraction of sp³-hybridized carbons (Fsp3) is 0.207. The normalized spacial score (nSPS) is 20.4. The third-order valence-corrected chi connectivity index (χ3v) is 7.09. The van der Waals surface area contributed by atoms with E-state index >= 15 is 0 Å². The molecule has 3 aliphatic heterocycles. The number of nitrogens with two attached hydrogens (primary N) is 1. The molecule has 1 spiro atoms. The SMILES string of the molecule is CC1(C)Cc2cc(-c3ccc4c(c3)[C@]3(COC(N)=N3)c3cc(-c5cncnc5)ccc3O4)ccc2O1. The Morgan fingerprint density at radius 1 is 0.778 bits per heavy atom. The molecular formula is C29H24N4O3. The summed E-state index contributed by atoms with van der Waals surface area (Å²) in [7, 11) is 0. The van der Waals surface area contributed by atoms with E-state index in [0.29, 0.717) is 6.61 Å². The Morgan fingerprint density at radius 2 is 1.39 bits per heavy atom. The van der Waals surface area contributed by atoms with Gasteiger partial charge in [-0.05, 0) is 72.5 Å². The second-order valence-electron chi connectivity index (χ2n) is 10.1. The van der Waals surface area contributed by atoms with Gasteiger partial charge in [0, 0.05) is 35.5 Å². The van der Waals surface area contributed by atoms with Crippen LogP contribution in [0.2, 0.25) is 0 Å². The standard InChI is InChI=1S/C29H24N4O3/c1-28(2)12-20-9-17(3-6-24(20)36-28)18-4-7-25-22(10-18)29(15-34-27(30)33-29)23-11-19(5-8-26(23)35-25)21-13-31-16-32-14-21/h3-11,13-14,16H,12,15H2,1-2H3,(H2,30,33)/t29-/m1/s1. The Morgan fingerprint density at radius 3 is 2.03 bits per heavy atom. The van der Waals surface area contributed by atoms with Gasteiger partial charge in [-0.1, -0.05) is 18.2 Å². The van der Waals surface area contributed by atoms with Crippen molar-refractivity contribution in [3.8, 4) is 39.5 Å². The molecule has 36 heavy (non-hydrogen) atoms. The van der Waals surface area contributed by atoms with E-state index in [-0.39, 0.29) is 11.6 Å². The maximum absolute atomic E-state index is 6.37. The van der Waals surface area contributed by atoms with Crippen LogP contribution in [0.1, 0.15) is 30.5 Å². The van der Waals surface area contributed by atoms with Crippen molar-refractivity contribution in [1.29, 1.82) is 0 Å². The molecule has 4 heterocycles. The van der Waals surface area contributed by atoms with Crippen LogP contribution in [0.15, 0.2) is 78.3 Å². The molecule has 4 aromatic rings. The predicted octanol–water partition coefficient (Wildman–Crippen LogP) is 5.22. The van der Waals surface area contributed by atoms with Crippen molar-refractivity contribution >= 4 is 6.02 Å². The van der Waals surface area contributed by atoms with Crippen molar-refractivity contribution in [2.45, 2.75) is 31.4 Å². The summed E-state index contributed by atoms with van der Waals surface area (Å²) in [4.78, 5) is 13.2. The topological polar surface area (TPSA) is 91.9 Å². The zero-order chi connectivity index (χ0) is 24.5. The second kappa shape index (κ2) is 7.31. The third kappa shape index (κ3) is 3.16. The van der Waals surface area contributed by atoms with Gasteiger partial charge in [-0.15, -0.1) is 0 Å². The van der Waals surface area contributed by atoms with Crippen LogP contribution in [-0.2, 0) is 16.7 Å². The number of aromatic nitrogens is 2. The Labute approximate surface area is 208 Å². The van der Waals surface area contributed by atoms with Crippen LogP contribution in [-0.4, -0.2) is 28.2 Å². The Balaban J connectivity index is 1.37. The molecule has 0 radical (unpaired) electrons. The van der Waals surface area contributed by atoms with E-state index < -0.39 is 5.54 Å². The minimum atomic E-state index is -0.809. The van der Waals surface area contributed by atoms with Gasteiger partial charge in [-0.3, -0.25) is 0 Å². The fourth-order valence-electron chi connectivity index (χ4n) is 5.45. The fourth-order valence-corrected chi connectivity index (χ4v) is 5.45. The first-order valence-corrected chi connectivity index (χ1v) is 11.9. The van der Waals surface area contributed by atoms with Crippen LogP contribution in [0, 0.1) is 0 Å². The molecule has 1 atom stereocenters. The van der Waals surface area contributed by atoms with Crippen LogP contribution < -0.4 is 15.2 Å². The van der Waals surface area contributed by atoms with Crippen molar-refractivity contribution in [3.05, 3.63) is 90.0 Å². The summed E-state index contributed by atoms with van der Waals surface area (Å²) >= 11 is 0. The van der Waals surface area contributed by atoms with Crippen molar-refractivity contribution in [2.24, 2.45) is 10.7 Å². The lowest BCUT2D eigenvalue weighted by Gasteiger charge is -2.34. The van der Waals surface area contributed by atoms with E-state index in [1.54, 1.807) is 12.4 Å². The Hall–Kier alpha value is -4.39. The number of fused-ring (bicyclic) bond motifs is 5. The van der Waals surface area contributed by atoms with E-state index in [1.165, 1.54) is 11.9 Å². The van der Waals surface area contributed by atoms with Gasteiger partial charge in [-0.25, -0.2) is 15.0 Å². The molecule has 2 N–H and O–H groups in total. The van der Waals surface area contributed by atoms with Gasteiger partial charge in [-0.2, -0.15) is 0 Å². The van der Waals surface area contributed by atoms with Gasteiger partial charge in [0.05, 0.1) is 0 Å². The summed E-state index contributed by atoms with van der Waals surface area (Å²) in [5.74, 6) is 2.43. The van der Waals surface area contributed by atoms with Crippen molar-refractivity contribution in [3.63, 3.8) is 0 Å². The lowest BCUT2D eigenvalue weighted by Crippen LogP contribution is -2.31. The summed E-state index contributed by atoms with van der Waals surface area (Å²) in [6, 6.07) is 18.8. The number of nitrogens with zero attached hydrogens (tertiary/aromatic N) is 3. The minimum Gasteiger partial charge on any atom is -0.487 e. The number of aliphatic imine (C=N–C) groups is 1. The zero-order valence-electron chi connectivity index (χ0n) is 20.0. The predicted molar refractivity (Wildman–Crippen MR) is 136 cm³/mol. The quantitative estimate of drug-likeness (QED) is 0.427. The molecule has 0 bridgehead atoms. The van der Waals surface area contributed by atoms with Crippen LogP contribution in [0.25, 0.3) is 22.3 Å². The van der Waals surface area contributed by atoms with Gasteiger partial charge in [0.15, 0.2) is 5.54 Å². The summed E-state index contributed by atoms with van der Waals surface area (Å²) in [5, 5.41) is 0. The number of amidine groups is 1. The van der Waals surface area contributed by atoms with E-state index in [4.69, 9.17) is 24.9 Å². The maximum atomic E-state index is 6.37. The van der Waals surface area contributed by atoms with Crippen LogP contribution >= 0.6 is 0 Å². The first-order valence-electron chi connectivity index (χ1n) is 11.9. The smallest absolute Gasteiger partial charge is 0.283 e. The molecule has 0 unspecified atom stereocenters. The molecule has 1 aromatic heterocycles. The lowest BCUT2D eigenvalue weighted by molar-refractivity contribution is 0.138. The molecule has 7 heteroatoms. The highest BCUT2D eigenvalue weighted by Crippen LogP contribution is 2.52. The molecule has 7 nitrogen and oxygen atoms in total. The van der Waals surface area contributed by atoms with Crippen LogP contribution in [0.4, 0.5) is 0 Å². The first-order chi connectivity index (χ1) is 17.4.